The second-order valence-corrected chi connectivity index (χ2v) is 3.14. The number of nitrogens with two attached hydrogens (primary N) is 1. The topological polar surface area (TPSA) is 43.1 Å². The van der Waals surface area contributed by atoms with Crippen LogP contribution < -0.4 is 5.73 Å². The van der Waals surface area contributed by atoms with Gasteiger partial charge in [-0.05, 0) is 18.8 Å². The lowest BCUT2D eigenvalue weighted by Gasteiger charge is -1.98. The van der Waals surface area contributed by atoms with Crippen LogP contribution in [0.3, 0.4) is 0 Å². The molecule has 2 heteroatoms. The molecule has 1 aliphatic rings. The fraction of sp³-hybridized carbons (Fsp3) is 0.667. The van der Waals surface area contributed by atoms with Gasteiger partial charge in [0.15, 0.2) is 0 Å². The summed E-state index contributed by atoms with van der Waals surface area (Å²) in [7, 11) is 0. The summed E-state index contributed by atoms with van der Waals surface area (Å²) in [5, 5.41) is 0. The zero-order valence-electron chi connectivity index (χ0n) is 6.75. The third-order valence-electron chi connectivity index (χ3n) is 2.13. The number of carbonyl (C=O) groups is 1. The Hall–Kier alpha value is -0.790. The van der Waals surface area contributed by atoms with Crippen LogP contribution in [0, 0.1) is 5.92 Å². The number of allylic oxidation sites excluding steroid dienone is 1. The lowest BCUT2D eigenvalue weighted by molar-refractivity contribution is -0.117. The maximum atomic E-state index is 10.3. The first kappa shape index (κ1) is 8.31. The van der Waals surface area contributed by atoms with Gasteiger partial charge in [-0.15, -0.1) is 0 Å². The van der Waals surface area contributed by atoms with Gasteiger partial charge in [0.05, 0.1) is 0 Å². The van der Waals surface area contributed by atoms with E-state index in [2.05, 4.69) is 6.08 Å². The van der Waals surface area contributed by atoms with Gasteiger partial charge in [0, 0.05) is 6.42 Å². The minimum absolute atomic E-state index is 0.237. The van der Waals surface area contributed by atoms with Gasteiger partial charge < -0.3 is 5.73 Å². The average molecular weight is 153 g/mol. The normalized spacial score (nSPS) is 19.6. The molecule has 0 aromatic carbocycles. The standard InChI is InChI=1S/C9H15NO/c10-9(11)7-3-6-8-4-1-2-5-8/h3,6,8H,1-2,4-5,7H2,(H2,10,11). The molecular formula is C9H15NO. The maximum Gasteiger partial charge on any atom is 0.221 e. The predicted molar refractivity (Wildman–Crippen MR) is 44.9 cm³/mol. The number of carbonyl (C=O) groups excluding carboxylic acids is 1. The van der Waals surface area contributed by atoms with E-state index in [1.165, 1.54) is 25.7 Å². The summed E-state index contributed by atoms with van der Waals surface area (Å²) in [5.41, 5.74) is 4.99. The third kappa shape index (κ3) is 3.21. The van der Waals surface area contributed by atoms with E-state index in [0.717, 1.165) is 0 Å². The zero-order valence-corrected chi connectivity index (χ0v) is 6.75. The highest BCUT2D eigenvalue weighted by Gasteiger charge is 2.10. The molecule has 0 radical (unpaired) electrons. The molecule has 2 N–H and O–H groups in total. The smallest absolute Gasteiger partial charge is 0.221 e. The van der Waals surface area contributed by atoms with Crippen LogP contribution in [0.4, 0.5) is 0 Å². The number of rotatable bonds is 3. The highest BCUT2D eigenvalue weighted by Crippen LogP contribution is 2.25. The van der Waals surface area contributed by atoms with E-state index >= 15 is 0 Å². The van der Waals surface area contributed by atoms with Crippen LogP contribution in [0.5, 0.6) is 0 Å². The molecule has 0 unspecified atom stereocenters. The molecule has 0 atom stereocenters. The van der Waals surface area contributed by atoms with Gasteiger partial charge in [0.1, 0.15) is 0 Å². The van der Waals surface area contributed by atoms with Gasteiger partial charge in [-0.3, -0.25) is 4.79 Å². The van der Waals surface area contributed by atoms with E-state index in [9.17, 15) is 4.79 Å². The first-order valence-corrected chi connectivity index (χ1v) is 4.24. The summed E-state index contributed by atoms with van der Waals surface area (Å²) in [6.07, 6.45) is 9.69. The summed E-state index contributed by atoms with van der Waals surface area (Å²) in [6, 6.07) is 0. The second kappa shape index (κ2) is 4.16. The van der Waals surface area contributed by atoms with Crippen molar-refractivity contribution in [3.63, 3.8) is 0 Å². The van der Waals surface area contributed by atoms with Gasteiger partial charge in [-0.1, -0.05) is 25.0 Å². The van der Waals surface area contributed by atoms with E-state index in [1.54, 1.807) is 0 Å². The van der Waals surface area contributed by atoms with Gasteiger partial charge in [0.25, 0.3) is 0 Å². The molecule has 2 nitrogen and oxygen atoms in total. The molecule has 0 aromatic heterocycles. The van der Waals surface area contributed by atoms with Crippen molar-refractivity contribution in [1.29, 1.82) is 0 Å². The van der Waals surface area contributed by atoms with E-state index in [1.807, 2.05) is 6.08 Å². The molecule has 11 heavy (non-hydrogen) atoms. The Kier molecular flexibility index (Phi) is 3.14. The van der Waals surface area contributed by atoms with Gasteiger partial charge in [-0.25, -0.2) is 0 Å². The van der Waals surface area contributed by atoms with Crippen LogP contribution in [0.1, 0.15) is 32.1 Å². The molecule has 1 saturated carbocycles. The quantitative estimate of drug-likeness (QED) is 0.615. The van der Waals surface area contributed by atoms with Crippen LogP contribution in [-0.2, 0) is 4.79 Å². The van der Waals surface area contributed by atoms with Crippen molar-refractivity contribution in [3.05, 3.63) is 12.2 Å². The zero-order chi connectivity index (χ0) is 8.10. The van der Waals surface area contributed by atoms with Gasteiger partial charge in [-0.2, -0.15) is 0 Å². The number of amides is 1. The van der Waals surface area contributed by atoms with Crippen molar-refractivity contribution in [2.75, 3.05) is 0 Å². The molecule has 0 spiro atoms. The Morgan fingerprint density at radius 3 is 2.64 bits per heavy atom. The van der Waals surface area contributed by atoms with Gasteiger partial charge >= 0.3 is 0 Å². The highest BCUT2D eigenvalue weighted by atomic mass is 16.1. The van der Waals surface area contributed by atoms with Crippen molar-refractivity contribution in [3.8, 4) is 0 Å². The Bertz CT molecular complexity index is 157. The first-order chi connectivity index (χ1) is 5.29. The molecule has 1 fully saturated rings. The van der Waals surface area contributed by atoms with E-state index in [-0.39, 0.29) is 5.91 Å². The molecule has 1 aliphatic carbocycles. The highest BCUT2D eigenvalue weighted by molar-refractivity contribution is 5.75. The van der Waals surface area contributed by atoms with Crippen molar-refractivity contribution in [2.24, 2.45) is 11.7 Å². The lowest BCUT2D eigenvalue weighted by Crippen LogP contribution is -2.08. The molecule has 1 rings (SSSR count). The van der Waals surface area contributed by atoms with Crippen LogP contribution in [0.2, 0.25) is 0 Å². The molecule has 62 valence electrons. The van der Waals surface area contributed by atoms with Crippen molar-refractivity contribution < 1.29 is 4.79 Å². The SMILES string of the molecule is NC(=O)CC=CC1CCCC1. The Morgan fingerprint density at radius 2 is 2.09 bits per heavy atom. The van der Waals surface area contributed by atoms with Crippen LogP contribution in [-0.4, -0.2) is 5.91 Å². The molecule has 0 saturated heterocycles. The van der Waals surface area contributed by atoms with Crippen molar-refractivity contribution >= 4 is 5.91 Å². The fourth-order valence-corrected chi connectivity index (χ4v) is 1.53. The third-order valence-corrected chi connectivity index (χ3v) is 2.13. The summed E-state index contributed by atoms with van der Waals surface area (Å²) in [6.45, 7) is 0. The fourth-order valence-electron chi connectivity index (χ4n) is 1.53. The van der Waals surface area contributed by atoms with Crippen molar-refractivity contribution in [2.45, 2.75) is 32.1 Å². The molecule has 0 bridgehead atoms. The van der Waals surface area contributed by atoms with Gasteiger partial charge in [0.2, 0.25) is 5.91 Å². The van der Waals surface area contributed by atoms with Crippen molar-refractivity contribution in [1.82, 2.24) is 0 Å². The maximum absolute atomic E-state index is 10.3. The minimum atomic E-state index is -0.237. The van der Waals surface area contributed by atoms with Crippen LogP contribution in [0.15, 0.2) is 12.2 Å². The largest absolute Gasteiger partial charge is 0.369 e. The lowest BCUT2D eigenvalue weighted by atomic mass is 10.1. The first-order valence-electron chi connectivity index (χ1n) is 4.24. The summed E-state index contributed by atoms with van der Waals surface area (Å²) < 4.78 is 0. The van der Waals surface area contributed by atoms with E-state index in [0.29, 0.717) is 12.3 Å². The summed E-state index contributed by atoms with van der Waals surface area (Å²) in [5.74, 6) is 0.480. The summed E-state index contributed by atoms with van der Waals surface area (Å²) >= 11 is 0. The number of hydrogen-bond acceptors (Lipinski definition) is 1. The van der Waals surface area contributed by atoms with Crippen LogP contribution >= 0.6 is 0 Å². The molecular weight excluding hydrogens is 138 g/mol. The molecule has 0 heterocycles. The average Bonchev–Trinajstić information content (AvgIpc) is 2.39. The van der Waals surface area contributed by atoms with E-state index < -0.39 is 0 Å². The second-order valence-electron chi connectivity index (χ2n) is 3.14. The Balaban J connectivity index is 2.17. The van der Waals surface area contributed by atoms with E-state index in [4.69, 9.17) is 5.73 Å². The monoisotopic (exact) mass is 153 g/mol. The molecule has 0 aromatic rings. The predicted octanol–water partition coefficient (Wildman–Crippen LogP) is 1.61. The molecule has 1 amide bonds. The minimum Gasteiger partial charge on any atom is -0.369 e. The Morgan fingerprint density at radius 1 is 1.45 bits per heavy atom. The molecule has 0 aliphatic heterocycles. The number of primary amides is 1. The summed E-state index contributed by atoms with van der Waals surface area (Å²) in [4.78, 5) is 10.3. The Labute approximate surface area is 67.5 Å². The van der Waals surface area contributed by atoms with Crippen LogP contribution in [0.25, 0.3) is 0 Å². The number of hydrogen-bond donors (Lipinski definition) is 1.